The lowest BCUT2D eigenvalue weighted by atomic mass is 9.93. The van der Waals surface area contributed by atoms with E-state index in [0.717, 1.165) is 49.1 Å². The molecule has 2 aromatic carbocycles. The molecule has 1 aromatic heterocycles. The smallest absolute Gasteiger partial charge is 0.351 e. The standard InChI is InChI=1S/C27H26ClNO6S/c1-34-27(33)25-23(35-16-21(30)31)22(28)24(36-25)18-11-8-14-20(15-18)29(19-12-6-3-7-13-19)26(32)17-9-4-2-5-10-17/h2,4-5,8-11,14-15,19H,3,6-7,12-13,16H2,1H3,(H,30,31). The van der Waals surface area contributed by atoms with E-state index in [1.807, 2.05) is 59.5 Å². The molecule has 36 heavy (non-hydrogen) atoms. The molecule has 9 heteroatoms. The molecule has 7 nitrogen and oxygen atoms in total. The van der Waals surface area contributed by atoms with Crippen LogP contribution in [0.15, 0.2) is 54.6 Å². The summed E-state index contributed by atoms with van der Waals surface area (Å²) in [5.74, 6) is -1.97. The number of rotatable bonds is 8. The minimum absolute atomic E-state index is 0.0270. The number of carbonyl (C=O) groups is 3. The number of carboxylic acids is 1. The van der Waals surface area contributed by atoms with Crippen LogP contribution in [0.5, 0.6) is 5.75 Å². The molecule has 1 amide bonds. The van der Waals surface area contributed by atoms with Gasteiger partial charge < -0.3 is 19.5 Å². The fraction of sp³-hybridized carbons (Fsp3) is 0.296. The van der Waals surface area contributed by atoms with E-state index in [-0.39, 0.29) is 27.6 Å². The number of ether oxygens (including phenoxy) is 2. The van der Waals surface area contributed by atoms with Crippen molar-refractivity contribution in [3.8, 4) is 16.2 Å². The summed E-state index contributed by atoms with van der Waals surface area (Å²) in [4.78, 5) is 39.5. The average molecular weight is 528 g/mol. The Morgan fingerprint density at radius 3 is 2.44 bits per heavy atom. The summed E-state index contributed by atoms with van der Waals surface area (Å²) in [6, 6.07) is 16.7. The van der Waals surface area contributed by atoms with E-state index in [9.17, 15) is 14.4 Å². The first-order chi connectivity index (χ1) is 17.4. The Balaban J connectivity index is 1.76. The van der Waals surface area contributed by atoms with Crippen LogP contribution >= 0.6 is 22.9 Å². The molecular weight excluding hydrogens is 502 g/mol. The summed E-state index contributed by atoms with van der Waals surface area (Å²) in [5.41, 5.74) is 2.02. The number of hydrogen-bond donors (Lipinski definition) is 1. The van der Waals surface area contributed by atoms with E-state index in [2.05, 4.69) is 0 Å². The summed E-state index contributed by atoms with van der Waals surface area (Å²) < 4.78 is 10.2. The lowest BCUT2D eigenvalue weighted by Crippen LogP contribution is -2.41. The van der Waals surface area contributed by atoms with E-state index < -0.39 is 18.5 Å². The number of esters is 1. The summed E-state index contributed by atoms with van der Waals surface area (Å²) in [5, 5.41) is 9.15. The third kappa shape index (κ3) is 5.55. The maximum atomic E-state index is 13.7. The number of hydrogen-bond acceptors (Lipinski definition) is 6. The Labute approximate surface area is 218 Å². The van der Waals surface area contributed by atoms with Gasteiger partial charge in [-0.05, 0) is 42.7 Å². The van der Waals surface area contributed by atoms with Crippen LogP contribution in [0.3, 0.4) is 0 Å². The zero-order valence-corrected chi connectivity index (χ0v) is 21.3. The van der Waals surface area contributed by atoms with Gasteiger partial charge in [-0.2, -0.15) is 0 Å². The zero-order valence-electron chi connectivity index (χ0n) is 19.7. The molecule has 1 fully saturated rings. The van der Waals surface area contributed by atoms with Crippen molar-refractivity contribution in [1.82, 2.24) is 0 Å². The molecule has 4 rings (SSSR count). The average Bonchev–Trinajstić information content (AvgIpc) is 3.24. The Morgan fingerprint density at radius 2 is 1.78 bits per heavy atom. The number of aliphatic carboxylic acids is 1. The molecule has 0 bridgehead atoms. The van der Waals surface area contributed by atoms with Crippen molar-refractivity contribution in [1.29, 1.82) is 0 Å². The Hall–Kier alpha value is -3.36. The maximum Gasteiger partial charge on any atom is 0.351 e. The summed E-state index contributed by atoms with van der Waals surface area (Å²) in [6.07, 6.45) is 5.12. The maximum absolute atomic E-state index is 13.7. The number of benzene rings is 2. The molecule has 0 saturated heterocycles. The van der Waals surface area contributed by atoms with Crippen LogP contribution in [-0.4, -0.2) is 42.7 Å². The third-order valence-corrected chi connectivity index (χ3v) is 7.76. The predicted octanol–water partition coefficient (Wildman–Crippen LogP) is 6.30. The SMILES string of the molecule is COC(=O)c1sc(-c2cccc(N(C(=O)c3ccccc3)C3CCCCC3)c2)c(Cl)c1OCC(=O)O. The van der Waals surface area contributed by atoms with Gasteiger partial charge in [0, 0.05) is 17.3 Å². The molecule has 1 N–H and O–H groups in total. The van der Waals surface area contributed by atoms with E-state index in [4.69, 9.17) is 26.2 Å². The summed E-state index contributed by atoms with van der Waals surface area (Å²) in [6.45, 7) is -0.652. The normalized spacial score (nSPS) is 13.7. The van der Waals surface area contributed by atoms with Gasteiger partial charge in [0.2, 0.25) is 0 Å². The number of methoxy groups -OCH3 is 1. The van der Waals surface area contributed by atoms with Crippen molar-refractivity contribution >= 4 is 46.5 Å². The number of halogens is 1. The van der Waals surface area contributed by atoms with Crippen LogP contribution in [-0.2, 0) is 9.53 Å². The van der Waals surface area contributed by atoms with Crippen LogP contribution in [0.1, 0.15) is 52.1 Å². The molecule has 0 unspecified atom stereocenters. The molecule has 1 saturated carbocycles. The number of carboxylic acid groups (broad SMARTS) is 1. The van der Waals surface area contributed by atoms with Gasteiger partial charge in [-0.1, -0.05) is 61.2 Å². The molecule has 1 heterocycles. The largest absolute Gasteiger partial charge is 0.479 e. The van der Waals surface area contributed by atoms with Crippen molar-refractivity contribution in [2.24, 2.45) is 0 Å². The molecule has 3 aromatic rings. The number of thiophene rings is 1. The Kier molecular flexibility index (Phi) is 8.28. The van der Waals surface area contributed by atoms with E-state index in [0.29, 0.717) is 16.0 Å². The highest BCUT2D eigenvalue weighted by Gasteiger charge is 2.29. The quantitative estimate of drug-likeness (QED) is 0.346. The second-order valence-corrected chi connectivity index (χ2v) is 9.86. The number of amides is 1. The monoisotopic (exact) mass is 527 g/mol. The van der Waals surface area contributed by atoms with E-state index >= 15 is 0 Å². The zero-order chi connectivity index (χ0) is 25.7. The predicted molar refractivity (Wildman–Crippen MR) is 139 cm³/mol. The van der Waals surface area contributed by atoms with Crippen LogP contribution < -0.4 is 9.64 Å². The Bertz CT molecular complexity index is 1250. The minimum atomic E-state index is -1.20. The lowest BCUT2D eigenvalue weighted by Gasteiger charge is -2.34. The molecular formula is C27H26ClNO6S. The van der Waals surface area contributed by atoms with E-state index in [1.54, 1.807) is 0 Å². The van der Waals surface area contributed by atoms with Crippen molar-refractivity contribution in [2.45, 2.75) is 38.1 Å². The second kappa shape index (κ2) is 11.6. The molecule has 0 atom stereocenters. The first-order valence-electron chi connectivity index (χ1n) is 11.6. The summed E-state index contributed by atoms with van der Waals surface area (Å²) in [7, 11) is 1.23. The first kappa shape index (κ1) is 25.7. The van der Waals surface area contributed by atoms with Gasteiger partial charge in [-0.15, -0.1) is 11.3 Å². The van der Waals surface area contributed by atoms with E-state index in [1.165, 1.54) is 7.11 Å². The molecule has 1 aliphatic rings. The fourth-order valence-electron chi connectivity index (χ4n) is 4.42. The topological polar surface area (TPSA) is 93.1 Å². The minimum Gasteiger partial charge on any atom is -0.479 e. The molecule has 188 valence electrons. The van der Waals surface area contributed by atoms with Crippen molar-refractivity contribution in [2.75, 3.05) is 18.6 Å². The highest BCUT2D eigenvalue weighted by molar-refractivity contribution is 7.18. The van der Waals surface area contributed by atoms with Crippen molar-refractivity contribution < 1.29 is 29.0 Å². The highest BCUT2D eigenvalue weighted by Crippen LogP contribution is 2.46. The number of carbonyl (C=O) groups excluding carboxylic acids is 2. The van der Waals surface area contributed by atoms with Gasteiger partial charge in [-0.3, -0.25) is 4.79 Å². The summed E-state index contributed by atoms with van der Waals surface area (Å²) >= 11 is 7.65. The number of anilines is 1. The Morgan fingerprint density at radius 1 is 1.06 bits per heavy atom. The van der Waals surface area contributed by atoms with Gasteiger partial charge in [0.1, 0.15) is 5.02 Å². The molecule has 0 spiro atoms. The lowest BCUT2D eigenvalue weighted by molar-refractivity contribution is -0.139. The van der Waals surface area contributed by atoms with Crippen LogP contribution in [0, 0.1) is 0 Å². The molecule has 0 radical (unpaired) electrons. The van der Waals surface area contributed by atoms with Crippen LogP contribution in [0.25, 0.3) is 10.4 Å². The van der Waals surface area contributed by atoms with Gasteiger partial charge in [0.05, 0.1) is 12.0 Å². The third-order valence-electron chi connectivity index (χ3n) is 6.09. The van der Waals surface area contributed by atoms with Crippen molar-refractivity contribution in [3.63, 3.8) is 0 Å². The van der Waals surface area contributed by atoms with Gasteiger partial charge in [-0.25, -0.2) is 9.59 Å². The highest BCUT2D eigenvalue weighted by atomic mass is 35.5. The van der Waals surface area contributed by atoms with Gasteiger partial charge in [0.15, 0.2) is 17.2 Å². The van der Waals surface area contributed by atoms with Crippen molar-refractivity contribution in [3.05, 3.63) is 70.1 Å². The second-order valence-electron chi connectivity index (χ2n) is 8.46. The number of nitrogens with zero attached hydrogens (tertiary/aromatic N) is 1. The van der Waals surface area contributed by atoms with Gasteiger partial charge in [0.25, 0.3) is 5.91 Å². The first-order valence-corrected chi connectivity index (χ1v) is 12.8. The molecule has 1 aliphatic carbocycles. The van der Waals surface area contributed by atoms with Gasteiger partial charge >= 0.3 is 11.9 Å². The van der Waals surface area contributed by atoms with Crippen LogP contribution in [0.4, 0.5) is 5.69 Å². The molecule has 0 aliphatic heterocycles. The van der Waals surface area contributed by atoms with Crippen LogP contribution in [0.2, 0.25) is 5.02 Å². The fourth-order valence-corrected chi connectivity index (χ4v) is 5.90.